The van der Waals surface area contributed by atoms with E-state index in [2.05, 4.69) is 21.3 Å². The molecule has 4 amide bonds. The highest BCUT2D eigenvalue weighted by Crippen LogP contribution is 2.22. The largest absolute Gasteiger partial charge is 0.388 e. The molecule has 0 atom stereocenters. The van der Waals surface area contributed by atoms with E-state index in [1.54, 1.807) is 77.2 Å². The van der Waals surface area contributed by atoms with Crippen molar-refractivity contribution in [3.63, 3.8) is 0 Å². The van der Waals surface area contributed by atoms with E-state index < -0.39 is 11.8 Å². The molecule has 264 valence electrons. The molecule has 0 fully saturated rings. The Balaban J connectivity index is 0.00000650. The van der Waals surface area contributed by atoms with E-state index in [1.165, 1.54) is 12.1 Å². The van der Waals surface area contributed by atoms with Crippen molar-refractivity contribution in [3.05, 3.63) is 71.8 Å². The number of amidine groups is 1. The molecule has 0 aromatic carbocycles. The van der Waals surface area contributed by atoms with Gasteiger partial charge in [0.25, 0.3) is 23.6 Å². The number of rotatable bonds is 15. The summed E-state index contributed by atoms with van der Waals surface area (Å²) in [5.74, 6) is -0.810. The molecule has 0 aliphatic rings. The Labute approximate surface area is 299 Å². The van der Waals surface area contributed by atoms with E-state index in [4.69, 9.17) is 34.3 Å². The summed E-state index contributed by atoms with van der Waals surface area (Å²) in [5.41, 5.74) is 8.65. The Morgan fingerprint density at radius 1 is 0.673 bits per heavy atom. The predicted molar refractivity (Wildman–Crippen MR) is 195 cm³/mol. The Morgan fingerprint density at radius 2 is 1.04 bits per heavy atom. The number of hydrogen-bond acceptors (Lipinski definition) is 6. The number of halogens is 3. The van der Waals surface area contributed by atoms with Gasteiger partial charge in [0.15, 0.2) is 0 Å². The number of carbonyl (C=O) groups is 4. The van der Waals surface area contributed by atoms with Crippen LogP contribution >= 0.6 is 35.6 Å². The zero-order chi connectivity index (χ0) is 35.1. The smallest absolute Gasteiger partial charge is 0.272 e. The van der Waals surface area contributed by atoms with Crippen LogP contribution in [0.3, 0.4) is 0 Å². The molecule has 4 aromatic rings. The molecule has 15 nitrogen and oxygen atoms in total. The van der Waals surface area contributed by atoms with Crippen molar-refractivity contribution in [2.24, 2.45) is 33.9 Å². The zero-order valence-corrected chi connectivity index (χ0v) is 29.8. The minimum Gasteiger partial charge on any atom is -0.388 e. The summed E-state index contributed by atoms with van der Waals surface area (Å²) in [5, 5.41) is 18.4. The average molecular weight is 737 g/mol. The van der Waals surface area contributed by atoms with Crippen LogP contribution in [0.25, 0.3) is 0 Å². The van der Waals surface area contributed by atoms with Gasteiger partial charge in [0, 0.05) is 90.8 Å². The van der Waals surface area contributed by atoms with Crippen LogP contribution in [-0.2, 0) is 28.2 Å². The molecule has 4 heterocycles. The Kier molecular flexibility index (Phi) is 13.4. The van der Waals surface area contributed by atoms with Gasteiger partial charge in [-0.25, -0.2) is 0 Å². The standard InChI is InChI=1S/C31H39Cl2N11O4.ClH/c1-40-15-19(11-23(40)28(45)36-8-5-27(34)35)37-29(46)24-12-20(16-41(24)2)38-30(47)25-13-21(17-42(25)3)39-31(48)26-14-22(18-43(26)4)44(9-6-32)10-7-33;/h11-18H,5-10H2,1-4H3,(H3,34,35)(H,36,45)(H,37,46)(H,38,47)(H,39,48);1H. The maximum atomic E-state index is 13.2. The van der Waals surface area contributed by atoms with Gasteiger partial charge in [0.2, 0.25) is 0 Å². The second-order valence-electron chi connectivity index (χ2n) is 11.1. The number of aryl methyl sites for hydroxylation is 4. The first kappa shape index (κ1) is 38.6. The highest BCUT2D eigenvalue weighted by molar-refractivity contribution is 6.18. The van der Waals surface area contributed by atoms with Gasteiger partial charge in [-0.2, -0.15) is 0 Å². The molecule has 7 N–H and O–H groups in total. The van der Waals surface area contributed by atoms with Gasteiger partial charge in [-0.1, -0.05) is 0 Å². The van der Waals surface area contributed by atoms with Crippen LogP contribution in [0.5, 0.6) is 0 Å². The second-order valence-corrected chi connectivity index (χ2v) is 11.9. The molecule has 0 radical (unpaired) electrons. The maximum Gasteiger partial charge on any atom is 0.272 e. The maximum absolute atomic E-state index is 13.2. The molecule has 4 rings (SSSR count). The number of amides is 4. The van der Waals surface area contributed by atoms with Gasteiger partial charge in [-0.3, -0.25) is 24.6 Å². The second kappa shape index (κ2) is 17.0. The molecule has 0 aliphatic carbocycles. The number of nitrogens with one attached hydrogen (secondary N) is 5. The number of aromatic nitrogens is 4. The van der Waals surface area contributed by atoms with E-state index >= 15 is 0 Å². The molecule has 4 aromatic heterocycles. The third-order valence-corrected chi connectivity index (χ3v) is 7.80. The summed E-state index contributed by atoms with van der Waals surface area (Å²) in [6, 6.07) is 6.39. The molecule has 0 unspecified atom stereocenters. The molecular formula is C31H40Cl3N11O4. The van der Waals surface area contributed by atoms with Gasteiger partial charge >= 0.3 is 0 Å². The minimum absolute atomic E-state index is 0. The first-order valence-corrected chi connectivity index (χ1v) is 16.0. The SMILES string of the molecule is Cl.Cn1cc(NC(=O)c2cc(NC(=O)c3cc(NC(=O)c4cc(N(CCCl)CCCl)cn4C)cn3C)cn2C)cc1C(=O)NCCC(=N)N. The minimum atomic E-state index is -0.451. The average Bonchev–Trinajstić information content (AvgIpc) is 3.78. The quantitative estimate of drug-likeness (QED) is 0.0615. The monoisotopic (exact) mass is 735 g/mol. The molecule has 0 aliphatic heterocycles. The predicted octanol–water partition coefficient (Wildman–Crippen LogP) is 3.56. The van der Waals surface area contributed by atoms with E-state index in [0.717, 1.165) is 5.69 Å². The van der Waals surface area contributed by atoms with Crippen molar-refractivity contribution < 1.29 is 19.2 Å². The lowest BCUT2D eigenvalue weighted by atomic mass is 10.3. The Morgan fingerprint density at radius 3 is 1.43 bits per heavy atom. The number of nitrogens with zero attached hydrogens (tertiary/aromatic N) is 5. The summed E-state index contributed by atoms with van der Waals surface area (Å²) in [6.07, 6.45) is 6.90. The van der Waals surface area contributed by atoms with Crippen LogP contribution in [0, 0.1) is 5.41 Å². The van der Waals surface area contributed by atoms with Crippen molar-refractivity contribution in [1.82, 2.24) is 23.6 Å². The molecular weight excluding hydrogens is 697 g/mol. The number of nitrogens with two attached hydrogens (primary N) is 1. The molecule has 0 bridgehead atoms. The molecule has 49 heavy (non-hydrogen) atoms. The number of hydrogen-bond donors (Lipinski definition) is 6. The van der Waals surface area contributed by atoms with Crippen LogP contribution in [0.1, 0.15) is 48.4 Å². The third-order valence-electron chi connectivity index (χ3n) is 7.46. The van der Waals surface area contributed by atoms with Crippen molar-refractivity contribution in [2.45, 2.75) is 6.42 Å². The van der Waals surface area contributed by atoms with Crippen molar-refractivity contribution in [3.8, 4) is 0 Å². The summed E-state index contributed by atoms with van der Waals surface area (Å²) in [7, 11) is 6.79. The van der Waals surface area contributed by atoms with E-state index in [1.807, 2.05) is 11.1 Å². The summed E-state index contributed by atoms with van der Waals surface area (Å²) < 4.78 is 6.44. The molecule has 0 saturated heterocycles. The van der Waals surface area contributed by atoms with Crippen LogP contribution in [0.4, 0.5) is 22.7 Å². The molecule has 0 spiro atoms. The van der Waals surface area contributed by atoms with Crippen molar-refractivity contribution >= 4 is 87.8 Å². The fourth-order valence-electron chi connectivity index (χ4n) is 5.08. The van der Waals surface area contributed by atoms with Crippen molar-refractivity contribution in [1.29, 1.82) is 5.41 Å². The van der Waals surface area contributed by atoms with Gasteiger partial charge in [-0.05, 0) is 24.3 Å². The fourth-order valence-corrected chi connectivity index (χ4v) is 5.49. The normalized spacial score (nSPS) is 10.7. The van der Waals surface area contributed by atoms with E-state index in [0.29, 0.717) is 53.3 Å². The lowest BCUT2D eigenvalue weighted by Gasteiger charge is -2.20. The van der Waals surface area contributed by atoms with Gasteiger partial charge in [0.05, 0.1) is 28.6 Å². The summed E-state index contributed by atoms with van der Waals surface area (Å²) >= 11 is 11.9. The Bertz CT molecular complexity index is 1830. The number of alkyl halides is 2. The number of anilines is 4. The highest BCUT2D eigenvalue weighted by atomic mass is 35.5. The third kappa shape index (κ3) is 9.62. The van der Waals surface area contributed by atoms with E-state index in [9.17, 15) is 19.2 Å². The fraction of sp³-hybridized carbons (Fsp3) is 0.323. The summed E-state index contributed by atoms with van der Waals surface area (Å²) in [6.45, 7) is 1.39. The van der Waals surface area contributed by atoms with Crippen LogP contribution in [0.15, 0.2) is 49.1 Å². The highest BCUT2D eigenvalue weighted by Gasteiger charge is 2.20. The van der Waals surface area contributed by atoms with Gasteiger partial charge < -0.3 is 50.2 Å². The molecule has 0 saturated carbocycles. The molecule has 18 heteroatoms. The van der Waals surface area contributed by atoms with E-state index in [-0.39, 0.29) is 54.4 Å². The lowest BCUT2D eigenvalue weighted by molar-refractivity contribution is 0.0944. The van der Waals surface area contributed by atoms with Gasteiger partial charge in [-0.15, -0.1) is 35.6 Å². The topological polar surface area (TPSA) is 189 Å². The van der Waals surface area contributed by atoms with Crippen molar-refractivity contribution in [2.75, 3.05) is 52.2 Å². The van der Waals surface area contributed by atoms with Gasteiger partial charge in [0.1, 0.15) is 22.8 Å². The first-order chi connectivity index (χ1) is 22.8. The van der Waals surface area contributed by atoms with Crippen LogP contribution in [0.2, 0.25) is 0 Å². The van der Waals surface area contributed by atoms with Crippen LogP contribution < -0.4 is 31.9 Å². The first-order valence-electron chi connectivity index (χ1n) is 14.9. The van der Waals surface area contributed by atoms with Crippen LogP contribution in [-0.4, -0.2) is 79.1 Å². The zero-order valence-electron chi connectivity index (χ0n) is 27.5. The number of carbonyl (C=O) groups excluding carboxylic acids is 4. The summed E-state index contributed by atoms with van der Waals surface area (Å²) in [4.78, 5) is 53.9. The Hall–Kier alpha value is -4.86. The lowest BCUT2D eigenvalue weighted by Crippen LogP contribution is -2.28.